The van der Waals surface area contributed by atoms with Crippen LogP contribution in [0.2, 0.25) is 0 Å². The molecule has 34 heavy (non-hydrogen) atoms. The molecule has 4 rings (SSSR count). The number of hydrogen-bond donors (Lipinski definition) is 0. The summed E-state index contributed by atoms with van der Waals surface area (Å²) >= 11 is 0. The molecule has 186 valence electrons. The molecular weight excluding hydrogens is 444 g/mol. The van der Waals surface area contributed by atoms with Crippen molar-refractivity contribution >= 4 is 0 Å². The number of halogens is 4. The second-order valence-corrected chi connectivity index (χ2v) is 9.93. The highest BCUT2D eigenvalue weighted by atomic mass is 19.2. The van der Waals surface area contributed by atoms with Crippen LogP contribution < -0.4 is 9.47 Å². The maximum absolute atomic E-state index is 14.4. The zero-order valence-electron chi connectivity index (χ0n) is 20.0. The van der Waals surface area contributed by atoms with E-state index in [0.29, 0.717) is 35.5 Å². The number of hydrogen-bond acceptors (Lipinski definition) is 2. The summed E-state index contributed by atoms with van der Waals surface area (Å²) in [6.07, 6.45) is 8.08. The van der Waals surface area contributed by atoms with Gasteiger partial charge < -0.3 is 9.47 Å². The summed E-state index contributed by atoms with van der Waals surface area (Å²) < 4.78 is 67.4. The molecule has 2 aliphatic rings. The van der Waals surface area contributed by atoms with Crippen LogP contribution in [0.25, 0.3) is 0 Å². The standard InChI is InChI=1S/C28H34F4O2/c1-3-33-23-14-15-24(28(32)27(23)31)34-16-18-5-7-19(8-6-18)20-9-11-21(12-10-20)22-13-4-17(2)25(29)26(22)30/h4,13-15,18-21H,3,5-12,16H2,1-2H3. The fourth-order valence-electron chi connectivity index (χ4n) is 5.80. The highest BCUT2D eigenvalue weighted by Crippen LogP contribution is 2.44. The molecule has 2 nitrogen and oxygen atoms in total. The van der Waals surface area contributed by atoms with Gasteiger partial charge in [-0.15, -0.1) is 0 Å². The Labute approximate surface area is 199 Å². The van der Waals surface area contributed by atoms with E-state index in [1.165, 1.54) is 12.1 Å². The first kappa shape index (κ1) is 24.9. The van der Waals surface area contributed by atoms with Crippen molar-refractivity contribution < 1.29 is 27.0 Å². The molecule has 0 N–H and O–H groups in total. The third kappa shape index (κ3) is 5.36. The topological polar surface area (TPSA) is 18.5 Å². The molecular formula is C28H34F4O2. The van der Waals surface area contributed by atoms with Gasteiger partial charge in [0.1, 0.15) is 0 Å². The van der Waals surface area contributed by atoms with Crippen LogP contribution in [0.1, 0.15) is 75.3 Å². The summed E-state index contributed by atoms with van der Waals surface area (Å²) in [5.41, 5.74) is 0.881. The Bertz CT molecular complexity index is 977. The molecule has 0 heterocycles. The Balaban J connectivity index is 1.24. The molecule has 6 heteroatoms. The van der Waals surface area contributed by atoms with E-state index in [0.717, 1.165) is 51.4 Å². The van der Waals surface area contributed by atoms with Crippen molar-refractivity contribution in [1.29, 1.82) is 0 Å². The molecule has 2 fully saturated rings. The maximum Gasteiger partial charge on any atom is 0.204 e. The van der Waals surface area contributed by atoms with Crippen LogP contribution in [-0.2, 0) is 0 Å². The van der Waals surface area contributed by atoms with Crippen molar-refractivity contribution in [1.82, 2.24) is 0 Å². The predicted octanol–water partition coefficient (Wildman–Crippen LogP) is 8.11. The Morgan fingerprint density at radius 1 is 0.676 bits per heavy atom. The highest BCUT2D eigenvalue weighted by Gasteiger charge is 2.32. The molecule has 0 aliphatic heterocycles. The Kier molecular flexibility index (Phi) is 8.05. The summed E-state index contributed by atoms with van der Waals surface area (Å²) in [5.74, 6) is -1.88. The van der Waals surface area contributed by atoms with Crippen molar-refractivity contribution in [3.05, 3.63) is 58.7 Å². The van der Waals surface area contributed by atoms with Crippen LogP contribution >= 0.6 is 0 Å². The zero-order chi connectivity index (χ0) is 24.2. The van der Waals surface area contributed by atoms with Crippen LogP contribution in [0.15, 0.2) is 24.3 Å². The Morgan fingerprint density at radius 3 is 1.82 bits per heavy atom. The lowest BCUT2D eigenvalue weighted by Gasteiger charge is -2.38. The van der Waals surface area contributed by atoms with Gasteiger partial charge >= 0.3 is 0 Å². The first-order valence-electron chi connectivity index (χ1n) is 12.6. The van der Waals surface area contributed by atoms with E-state index in [4.69, 9.17) is 9.47 Å². The minimum Gasteiger partial charge on any atom is -0.491 e. The van der Waals surface area contributed by atoms with Crippen molar-refractivity contribution in [3.63, 3.8) is 0 Å². The van der Waals surface area contributed by atoms with E-state index >= 15 is 0 Å². The first-order valence-corrected chi connectivity index (χ1v) is 12.6. The predicted molar refractivity (Wildman–Crippen MR) is 124 cm³/mol. The number of benzene rings is 2. The minimum absolute atomic E-state index is 0.0684. The molecule has 0 radical (unpaired) electrons. The van der Waals surface area contributed by atoms with Crippen molar-refractivity contribution in [2.75, 3.05) is 13.2 Å². The summed E-state index contributed by atoms with van der Waals surface area (Å²) in [7, 11) is 0. The fourth-order valence-corrected chi connectivity index (χ4v) is 5.80. The van der Waals surface area contributed by atoms with Gasteiger partial charge in [-0.05, 0) is 112 Å². The van der Waals surface area contributed by atoms with Gasteiger partial charge in [-0.25, -0.2) is 8.78 Å². The molecule has 0 aromatic heterocycles. The quantitative estimate of drug-likeness (QED) is 0.374. The third-order valence-electron chi connectivity index (χ3n) is 7.86. The van der Waals surface area contributed by atoms with Crippen molar-refractivity contribution in [2.45, 2.75) is 71.1 Å². The number of rotatable bonds is 7. The maximum atomic E-state index is 14.4. The Morgan fingerprint density at radius 2 is 1.24 bits per heavy atom. The molecule has 2 aromatic carbocycles. The van der Waals surface area contributed by atoms with Crippen LogP contribution in [0, 0.1) is 47.9 Å². The van der Waals surface area contributed by atoms with E-state index in [1.807, 2.05) is 0 Å². The normalized spacial score (nSPS) is 25.2. The average molecular weight is 479 g/mol. The molecule has 0 unspecified atom stereocenters. The van der Waals surface area contributed by atoms with E-state index in [2.05, 4.69) is 0 Å². The lowest BCUT2D eigenvalue weighted by Crippen LogP contribution is -2.27. The summed E-state index contributed by atoms with van der Waals surface area (Å²) in [4.78, 5) is 0. The van der Waals surface area contributed by atoms with Crippen LogP contribution in [0.3, 0.4) is 0 Å². The molecule has 0 bridgehead atoms. The van der Waals surface area contributed by atoms with E-state index in [1.54, 1.807) is 26.0 Å². The highest BCUT2D eigenvalue weighted by molar-refractivity contribution is 5.35. The molecule has 0 amide bonds. The Hall–Kier alpha value is -2.24. The van der Waals surface area contributed by atoms with Crippen LogP contribution in [-0.4, -0.2) is 13.2 Å². The first-order chi connectivity index (χ1) is 16.4. The number of ether oxygens (including phenoxy) is 2. The van der Waals surface area contributed by atoms with Gasteiger partial charge in [0.05, 0.1) is 13.2 Å². The van der Waals surface area contributed by atoms with Gasteiger partial charge in [-0.1, -0.05) is 12.1 Å². The van der Waals surface area contributed by atoms with E-state index < -0.39 is 23.3 Å². The smallest absolute Gasteiger partial charge is 0.204 e. The van der Waals surface area contributed by atoms with Crippen molar-refractivity contribution in [2.24, 2.45) is 17.8 Å². The molecule has 2 aromatic rings. The SMILES string of the molecule is CCOc1ccc(OCC2CCC(C3CCC(c4ccc(C)c(F)c4F)CC3)CC2)c(F)c1F. The summed E-state index contributed by atoms with van der Waals surface area (Å²) in [5, 5.41) is 0. The lowest BCUT2D eigenvalue weighted by atomic mass is 9.68. The van der Waals surface area contributed by atoms with E-state index in [-0.39, 0.29) is 24.0 Å². The third-order valence-corrected chi connectivity index (χ3v) is 7.86. The fraction of sp³-hybridized carbons (Fsp3) is 0.571. The van der Waals surface area contributed by atoms with Crippen LogP contribution in [0.4, 0.5) is 17.6 Å². The lowest BCUT2D eigenvalue weighted by molar-refractivity contribution is 0.129. The van der Waals surface area contributed by atoms with Gasteiger partial charge in [0.15, 0.2) is 23.1 Å². The molecule has 0 saturated heterocycles. The van der Waals surface area contributed by atoms with E-state index in [9.17, 15) is 17.6 Å². The van der Waals surface area contributed by atoms with Crippen molar-refractivity contribution in [3.8, 4) is 11.5 Å². The molecule has 2 aliphatic carbocycles. The monoisotopic (exact) mass is 478 g/mol. The number of aryl methyl sites for hydroxylation is 1. The average Bonchev–Trinajstić information content (AvgIpc) is 2.86. The largest absolute Gasteiger partial charge is 0.491 e. The molecule has 0 spiro atoms. The summed E-state index contributed by atoms with van der Waals surface area (Å²) in [6.45, 7) is 3.95. The van der Waals surface area contributed by atoms with Gasteiger partial charge in [-0.2, -0.15) is 8.78 Å². The minimum atomic E-state index is -1.01. The summed E-state index contributed by atoms with van der Waals surface area (Å²) in [6, 6.07) is 6.26. The molecule has 2 saturated carbocycles. The second-order valence-electron chi connectivity index (χ2n) is 9.93. The second kappa shape index (κ2) is 11.0. The van der Waals surface area contributed by atoms with Gasteiger partial charge in [0.2, 0.25) is 11.6 Å². The zero-order valence-corrected chi connectivity index (χ0v) is 20.0. The van der Waals surface area contributed by atoms with Gasteiger partial charge in [0.25, 0.3) is 0 Å². The molecule has 0 atom stereocenters. The van der Waals surface area contributed by atoms with Gasteiger partial charge in [-0.3, -0.25) is 0 Å². The van der Waals surface area contributed by atoms with Gasteiger partial charge in [0, 0.05) is 0 Å². The van der Waals surface area contributed by atoms with Crippen LogP contribution in [0.5, 0.6) is 11.5 Å².